The molecule has 0 saturated carbocycles. The van der Waals surface area contributed by atoms with Crippen molar-refractivity contribution in [2.75, 3.05) is 29.9 Å². The first-order valence-corrected chi connectivity index (χ1v) is 14.6. The minimum absolute atomic E-state index is 0.0163. The molecule has 0 spiro atoms. The van der Waals surface area contributed by atoms with Crippen LogP contribution in [0.2, 0.25) is 0 Å². The van der Waals surface area contributed by atoms with E-state index < -0.39 is 32.9 Å². The maximum absolute atomic E-state index is 15.1. The summed E-state index contributed by atoms with van der Waals surface area (Å²) in [6.45, 7) is 0.588. The normalized spacial score (nSPS) is 17.1. The number of nitrogens with zero attached hydrogens (tertiary/aromatic N) is 2. The standard InChI is InChI=1S/C29H25F2N5O5S/c30-19-3-6-21(7-4-19)36-11-1-2-23(29(36)38)28(37)34-20-5-8-26(24(31)16-20)41-27-17-22(18-33-25(27)9-10-32)35-12-14-42(39,40)15-13-35/h1-11,16-18,32-33H,12-15H2,(H,34,37)/b25-9-,32-10?. The summed E-state index contributed by atoms with van der Waals surface area (Å²) in [4.78, 5) is 27.7. The van der Waals surface area contributed by atoms with E-state index in [2.05, 4.69) is 10.6 Å². The van der Waals surface area contributed by atoms with Gasteiger partial charge in [0.1, 0.15) is 11.4 Å². The number of anilines is 1. The SMILES string of the molecule is N=C/C=C1\NC=C(N2CCS(=O)(=O)CC2)C=C1Oc1ccc(NC(=O)c2cccn(-c3ccc(F)cc3)c2=O)cc1F. The van der Waals surface area contributed by atoms with E-state index in [1.54, 1.807) is 12.3 Å². The van der Waals surface area contributed by atoms with Gasteiger partial charge in [0.25, 0.3) is 11.5 Å². The molecule has 2 aliphatic heterocycles. The lowest BCUT2D eigenvalue weighted by molar-refractivity contribution is 0.102. The van der Waals surface area contributed by atoms with Gasteiger partial charge in [0.05, 0.1) is 22.9 Å². The van der Waals surface area contributed by atoms with E-state index in [0.717, 1.165) is 12.3 Å². The Balaban J connectivity index is 1.33. The van der Waals surface area contributed by atoms with Crippen LogP contribution in [0.15, 0.2) is 101 Å². The molecule has 1 amide bonds. The summed E-state index contributed by atoms with van der Waals surface area (Å²) in [6.07, 6.45) is 7.18. The first-order valence-electron chi connectivity index (χ1n) is 12.7. The van der Waals surface area contributed by atoms with E-state index >= 15 is 4.39 Å². The van der Waals surface area contributed by atoms with Gasteiger partial charge in [-0.1, -0.05) is 0 Å². The van der Waals surface area contributed by atoms with Crippen LogP contribution in [0, 0.1) is 17.0 Å². The zero-order valence-corrected chi connectivity index (χ0v) is 22.8. The highest BCUT2D eigenvalue weighted by molar-refractivity contribution is 7.91. The number of carbonyl (C=O) groups is 1. The van der Waals surface area contributed by atoms with Crippen LogP contribution in [0.5, 0.6) is 5.75 Å². The van der Waals surface area contributed by atoms with Crippen molar-refractivity contribution < 1.29 is 26.7 Å². The van der Waals surface area contributed by atoms with Crippen LogP contribution in [0.3, 0.4) is 0 Å². The fraction of sp³-hybridized carbons (Fsp3) is 0.138. The van der Waals surface area contributed by atoms with Crippen molar-refractivity contribution in [3.05, 3.63) is 124 Å². The zero-order chi connectivity index (χ0) is 29.9. The number of halogens is 2. The Morgan fingerprint density at radius 2 is 1.81 bits per heavy atom. The largest absolute Gasteiger partial charge is 0.452 e. The number of carbonyl (C=O) groups excluding carboxylic acids is 1. The van der Waals surface area contributed by atoms with Gasteiger partial charge in [0.15, 0.2) is 27.2 Å². The first-order chi connectivity index (χ1) is 20.1. The summed E-state index contributed by atoms with van der Waals surface area (Å²) in [5.41, 5.74) is 0.626. The first kappa shape index (κ1) is 28.5. The van der Waals surface area contributed by atoms with Gasteiger partial charge in [-0.3, -0.25) is 14.2 Å². The molecule has 216 valence electrons. The predicted octanol–water partition coefficient (Wildman–Crippen LogP) is 3.34. The van der Waals surface area contributed by atoms with E-state index in [0.29, 0.717) is 30.2 Å². The average Bonchev–Trinajstić information content (AvgIpc) is 2.96. The maximum atomic E-state index is 15.1. The Hall–Kier alpha value is -5.04. The Morgan fingerprint density at radius 3 is 2.50 bits per heavy atom. The summed E-state index contributed by atoms with van der Waals surface area (Å²) < 4.78 is 59.0. The Labute approximate surface area is 239 Å². The lowest BCUT2D eigenvalue weighted by atomic mass is 10.2. The summed E-state index contributed by atoms with van der Waals surface area (Å²) in [7, 11) is -3.08. The molecule has 5 rings (SSSR count). The highest BCUT2D eigenvalue weighted by Crippen LogP contribution is 2.28. The molecule has 13 heteroatoms. The lowest BCUT2D eigenvalue weighted by Crippen LogP contribution is -2.40. The van der Waals surface area contributed by atoms with Gasteiger partial charge in [-0.2, -0.15) is 0 Å². The number of benzene rings is 2. The highest BCUT2D eigenvalue weighted by Gasteiger charge is 2.25. The molecule has 2 aromatic carbocycles. The van der Waals surface area contributed by atoms with Gasteiger partial charge >= 0.3 is 0 Å². The molecular weight excluding hydrogens is 568 g/mol. The number of pyridine rings is 1. The Bertz CT molecular complexity index is 1800. The van der Waals surface area contributed by atoms with Crippen LogP contribution >= 0.6 is 0 Å². The summed E-state index contributed by atoms with van der Waals surface area (Å²) in [6, 6.07) is 11.8. The molecule has 2 aliphatic rings. The smallest absolute Gasteiger partial charge is 0.267 e. The Morgan fingerprint density at radius 1 is 1.07 bits per heavy atom. The zero-order valence-electron chi connectivity index (χ0n) is 22.0. The third-order valence-electron chi connectivity index (χ3n) is 6.59. The van der Waals surface area contributed by atoms with Crippen molar-refractivity contribution in [1.82, 2.24) is 14.8 Å². The lowest BCUT2D eigenvalue weighted by Gasteiger charge is -2.31. The van der Waals surface area contributed by atoms with Gasteiger partial charge < -0.3 is 25.7 Å². The van der Waals surface area contributed by atoms with Gasteiger partial charge in [-0.05, 0) is 54.6 Å². The maximum Gasteiger partial charge on any atom is 0.267 e. The number of dihydropyridines is 1. The topological polar surface area (TPSA) is 134 Å². The van der Waals surface area contributed by atoms with E-state index in [9.17, 15) is 22.4 Å². The molecule has 10 nitrogen and oxygen atoms in total. The Kier molecular flexibility index (Phi) is 8.02. The van der Waals surface area contributed by atoms with Gasteiger partial charge in [-0.15, -0.1) is 0 Å². The number of hydrogen-bond acceptors (Lipinski definition) is 8. The molecule has 3 heterocycles. The minimum atomic E-state index is -3.08. The monoisotopic (exact) mass is 593 g/mol. The van der Waals surface area contributed by atoms with E-state index in [1.807, 2.05) is 4.90 Å². The molecule has 0 atom stereocenters. The number of hydrogen-bond donors (Lipinski definition) is 3. The number of sulfone groups is 1. The molecule has 0 aliphatic carbocycles. The summed E-state index contributed by atoms with van der Waals surface area (Å²) >= 11 is 0. The molecule has 3 aromatic rings. The molecule has 1 aromatic heterocycles. The highest BCUT2D eigenvalue weighted by atomic mass is 32.2. The van der Waals surface area contributed by atoms with E-state index in [1.165, 1.54) is 65.4 Å². The van der Waals surface area contributed by atoms with Crippen LogP contribution in [-0.2, 0) is 9.84 Å². The molecule has 1 fully saturated rings. The van der Waals surface area contributed by atoms with Crippen molar-refractivity contribution in [1.29, 1.82) is 5.41 Å². The number of amides is 1. The minimum Gasteiger partial charge on any atom is -0.452 e. The van der Waals surface area contributed by atoms with E-state index in [-0.39, 0.29) is 34.3 Å². The summed E-state index contributed by atoms with van der Waals surface area (Å²) in [5, 5.41) is 12.9. The van der Waals surface area contributed by atoms with Gasteiger partial charge in [0.2, 0.25) is 0 Å². The average molecular weight is 594 g/mol. The second-order valence-electron chi connectivity index (χ2n) is 9.38. The number of allylic oxidation sites excluding steroid dienone is 2. The number of nitrogens with one attached hydrogen (secondary N) is 3. The molecule has 0 bridgehead atoms. The molecular formula is C29H25F2N5O5S. The number of ether oxygens (including phenoxy) is 1. The fourth-order valence-corrected chi connectivity index (χ4v) is 5.58. The molecule has 3 N–H and O–H groups in total. The molecule has 42 heavy (non-hydrogen) atoms. The second kappa shape index (κ2) is 11.8. The number of aromatic nitrogens is 1. The number of rotatable bonds is 7. The van der Waals surface area contributed by atoms with Crippen LogP contribution in [0.1, 0.15) is 10.4 Å². The van der Waals surface area contributed by atoms with Crippen LogP contribution in [-0.4, -0.2) is 54.6 Å². The van der Waals surface area contributed by atoms with Crippen molar-refractivity contribution in [3.8, 4) is 11.4 Å². The van der Waals surface area contributed by atoms with Crippen LogP contribution < -0.4 is 20.9 Å². The third kappa shape index (κ3) is 6.31. The quantitative estimate of drug-likeness (QED) is 0.358. The van der Waals surface area contributed by atoms with Crippen molar-refractivity contribution in [3.63, 3.8) is 0 Å². The van der Waals surface area contributed by atoms with Crippen LogP contribution in [0.25, 0.3) is 5.69 Å². The van der Waals surface area contributed by atoms with Gasteiger partial charge in [0, 0.05) is 55.2 Å². The second-order valence-corrected chi connectivity index (χ2v) is 11.7. The fourth-order valence-electron chi connectivity index (χ4n) is 4.38. The van der Waals surface area contributed by atoms with E-state index in [4.69, 9.17) is 10.1 Å². The predicted molar refractivity (Wildman–Crippen MR) is 153 cm³/mol. The van der Waals surface area contributed by atoms with Gasteiger partial charge in [-0.25, -0.2) is 17.2 Å². The molecule has 0 unspecified atom stereocenters. The molecule has 0 radical (unpaired) electrons. The molecule has 1 saturated heterocycles. The third-order valence-corrected chi connectivity index (χ3v) is 8.20. The van der Waals surface area contributed by atoms with Crippen molar-refractivity contribution >= 4 is 27.6 Å². The summed E-state index contributed by atoms with van der Waals surface area (Å²) in [5.74, 6) is -1.98. The van der Waals surface area contributed by atoms with Crippen LogP contribution in [0.4, 0.5) is 14.5 Å². The van der Waals surface area contributed by atoms with Crippen molar-refractivity contribution in [2.24, 2.45) is 0 Å². The van der Waals surface area contributed by atoms with Crippen molar-refractivity contribution in [2.45, 2.75) is 0 Å².